The van der Waals surface area contributed by atoms with Crippen molar-refractivity contribution in [1.82, 2.24) is 14.3 Å². The van der Waals surface area contributed by atoms with Crippen LogP contribution in [-0.4, -0.2) is 39.8 Å². The summed E-state index contributed by atoms with van der Waals surface area (Å²) in [7, 11) is 1.53. The Kier molecular flexibility index (Phi) is 4.26. The number of methoxy groups -OCH3 is 1. The number of hydrogen-bond donors (Lipinski definition) is 2. The number of pyridine rings is 1. The van der Waals surface area contributed by atoms with E-state index in [1.807, 2.05) is 6.07 Å². The van der Waals surface area contributed by atoms with E-state index in [0.29, 0.717) is 23.2 Å². The van der Waals surface area contributed by atoms with Crippen molar-refractivity contribution in [1.29, 1.82) is 5.26 Å². The normalized spacial score (nSPS) is 11.0. The number of nitrogens with two attached hydrogens (primary N) is 1. The molecule has 0 radical (unpaired) electrons. The first-order valence-electron chi connectivity index (χ1n) is 6.46. The summed E-state index contributed by atoms with van der Waals surface area (Å²) in [6.45, 7) is 2.34. The van der Waals surface area contributed by atoms with Crippen molar-refractivity contribution in [3.63, 3.8) is 0 Å². The van der Waals surface area contributed by atoms with Crippen LogP contribution in [0.1, 0.15) is 11.1 Å². The number of nitrogens with zero attached hydrogens (tertiary/aromatic N) is 4. The number of ether oxygens (including phenoxy) is 1. The highest BCUT2D eigenvalue weighted by atomic mass is 16.5. The van der Waals surface area contributed by atoms with Gasteiger partial charge in [0.15, 0.2) is 5.82 Å². The predicted octanol–water partition coefficient (Wildman–Crippen LogP) is -0.401. The SMILES string of the molecule is COCCn1c(=O)c(C#N)c(C)c2c(N)nn(CCO)c21. The van der Waals surface area contributed by atoms with Crippen molar-refractivity contribution in [2.24, 2.45) is 0 Å². The van der Waals surface area contributed by atoms with Gasteiger partial charge in [0.2, 0.25) is 0 Å². The Morgan fingerprint density at radius 1 is 1.48 bits per heavy atom. The Labute approximate surface area is 121 Å². The zero-order valence-corrected chi connectivity index (χ0v) is 12.0. The van der Waals surface area contributed by atoms with Crippen LogP contribution in [0.2, 0.25) is 0 Å². The number of aromatic nitrogens is 3. The second kappa shape index (κ2) is 5.95. The van der Waals surface area contributed by atoms with Gasteiger partial charge in [-0.1, -0.05) is 0 Å². The summed E-state index contributed by atoms with van der Waals surface area (Å²) in [5, 5.41) is 23.1. The first-order valence-corrected chi connectivity index (χ1v) is 6.46. The molecule has 0 aromatic carbocycles. The van der Waals surface area contributed by atoms with Crippen LogP contribution in [-0.2, 0) is 17.8 Å². The molecular formula is C13H17N5O3. The summed E-state index contributed by atoms with van der Waals surface area (Å²) in [5.41, 5.74) is 6.56. The molecule has 0 saturated heterocycles. The maximum Gasteiger partial charge on any atom is 0.270 e. The lowest BCUT2D eigenvalue weighted by Crippen LogP contribution is -2.27. The summed E-state index contributed by atoms with van der Waals surface area (Å²) in [5.74, 6) is 0.235. The molecular weight excluding hydrogens is 274 g/mol. The van der Waals surface area contributed by atoms with E-state index in [1.54, 1.807) is 6.92 Å². The van der Waals surface area contributed by atoms with E-state index in [-0.39, 0.29) is 31.1 Å². The van der Waals surface area contributed by atoms with Gasteiger partial charge in [0, 0.05) is 7.11 Å². The molecule has 0 aliphatic rings. The average Bonchev–Trinajstić information content (AvgIpc) is 2.77. The zero-order chi connectivity index (χ0) is 15.6. The fraction of sp³-hybridized carbons (Fsp3) is 0.462. The van der Waals surface area contributed by atoms with Gasteiger partial charge in [0.1, 0.15) is 17.3 Å². The number of fused-ring (bicyclic) bond motifs is 1. The van der Waals surface area contributed by atoms with Crippen LogP contribution in [0, 0.1) is 18.3 Å². The lowest BCUT2D eigenvalue weighted by Gasteiger charge is -2.12. The maximum absolute atomic E-state index is 12.4. The number of anilines is 1. The molecule has 0 spiro atoms. The highest BCUT2D eigenvalue weighted by Gasteiger charge is 2.20. The summed E-state index contributed by atoms with van der Waals surface area (Å²) >= 11 is 0. The third-order valence-corrected chi connectivity index (χ3v) is 3.36. The number of aryl methyl sites for hydroxylation is 1. The molecule has 112 valence electrons. The molecule has 3 N–H and O–H groups in total. The van der Waals surface area contributed by atoms with Gasteiger partial charge in [0.05, 0.1) is 31.7 Å². The van der Waals surface area contributed by atoms with Crippen LogP contribution < -0.4 is 11.3 Å². The molecule has 2 rings (SSSR count). The molecule has 0 amide bonds. The van der Waals surface area contributed by atoms with Crippen molar-refractivity contribution in [2.75, 3.05) is 26.1 Å². The van der Waals surface area contributed by atoms with Crippen molar-refractivity contribution in [3.8, 4) is 6.07 Å². The van der Waals surface area contributed by atoms with E-state index in [0.717, 1.165) is 0 Å². The summed E-state index contributed by atoms with van der Waals surface area (Å²) in [6.07, 6.45) is 0. The Balaban J connectivity index is 2.89. The monoisotopic (exact) mass is 291 g/mol. The maximum atomic E-state index is 12.4. The van der Waals surface area contributed by atoms with Crippen LogP contribution in [0.4, 0.5) is 5.82 Å². The largest absolute Gasteiger partial charge is 0.394 e. The minimum Gasteiger partial charge on any atom is -0.394 e. The predicted molar refractivity (Wildman–Crippen MR) is 76.8 cm³/mol. The number of hydrogen-bond acceptors (Lipinski definition) is 6. The highest BCUT2D eigenvalue weighted by molar-refractivity contribution is 5.91. The Hall–Kier alpha value is -2.37. The number of nitriles is 1. The van der Waals surface area contributed by atoms with Gasteiger partial charge in [-0.15, -0.1) is 0 Å². The fourth-order valence-corrected chi connectivity index (χ4v) is 2.39. The van der Waals surface area contributed by atoms with E-state index in [2.05, 4.69) is 5.10 Å². The molecule has 0 aliphatic heterocycles. The van der Waals surface area contributed by atoms with Gasteiger partial charge in [-0.2, -0.15) is 10.4 Å². The first-order chi connectivity index (χ1) is 10.1. The molecule has 2 aromatic heterocycles. The van der Waals surface area contributed by atoms with Gasteiger partial charge < -0.3 is 15.6 Å². The van der Waals surface area contributed by atoms with Crippen LogP contribution in [0.3, 0.4) is 0 Å². The molecule has 8 nitrogen and oxygen atoms in total. The lowest BCUT2D eigenvalue weighted by atomic mass is 10.1. The minimum atomic E-state index is -0.404. The third-order valence-electron chi connectivity index (χ3n) is 3.36. The van der Waals surface area contributed by atoms with Gasteiger partial charge in [-0.05, 0) is 12.5 Å². The standard InChI is InChI=1S/C13H17N5O3/c1-8-9(7-14)13(20)17(4-6-21-2)12-10(8)11(15)16-18(12)3-5-19/h19H,3-6H2,1-2H3,(H2,15,16). The van der Waals surface area contributed by atoms with E-state index in [1.165, 1.54) is 16.4 Å². The quantitative estimate of drug-likeness (QED) is 0.773. The van der Waals surface area contributed by atoms with Crippen molar-refractivity contribution >= 4 is 16.9 Å². The molecule has 2 aromatic rings. The second-order valence-electron chi connectivity index (χ2n) is 4.59. The Morgan fingerprint density at radius 3 is 2.76 bits per heavy atom. The summed E-state index contributed by atoms with van der Waals surface area (Å²) in [4.78, 5) is 12.4. The number of rotatable bonds is 5. The third kappa shape index (κ3) is 2.37. The number of aliphatic hydroxyl groups excluding tert-OH is 1. The second-order valence-corrected chi connectivity index (χ2v) is 4.59. The molecule has 0 aliphatic carbocycles. The van der Waals surface area contributed by atoms with Crippen molar-refractivity contribution < 1.29 is 9.84 Å². The Bertz CT molecular complexity index is 769. The van der Waals surface area contributed by atoms with Crippen LogP contribution in [0.25, 0.3) is 11.0 Å². The Morgan fingerprint density at radius 2 is 2.19 bits per heavy atom. The molecule has 21 heavy (non-hydrogen) atoms. The van der Waals surface area contributed by atoms with E-state index < -0.39 is 5.56 Å². The first kappa shape index (κ1) is 15.0. The zero-order valence-electron chi connectivity index (χ0n) is 12.0. The molecule has 0 fully saturated rings. The topological polar surface area (TPSA) is 119 Å². The highest BCUT2D eigenvalue weighted by Crippen LogP contribution is 2.24. The molecule has 0 unspecified atom stereocenters. The summed E-state index contributed by atoms with van der Waals surface area (Å²) in [6, 6.07) is 1.92. The minimum absolute atomic E-state index is 0.0499. The van der Waals surface area contributed by atoms with Crippen LogP contribution in [0.15, 0.2) is 4.79 Å². The van der Waals surface area contributed by atoms with Crippen molar-refractivity contribution in [3.05, 3.63) is 21.5 Å². The van der Waals surface area contributed by atoms with Crippen LogP contribution >= 0.6 is 0 Å². The molecule has 0 bridgehead atoms. The lowest BCUT2D eigenvalue weighted by molar-refractivity contribution is 0.187. The summed E-state index contributed by atoms with van der Waals surface area (Å²) < 4.78 is 7.91. The number of aliphatic hydroxyl groups is 1. The number of nitrogen functional groups attached to an aromatic ring is 1. The smallest absolute Gasteiger partial charge is 0.270 e. The molecule has 0 atom stereocenters. The van der Waals surface area contributed by atoms with Gasteiger partial charge >= 0.3 is 0 Å². The van der Waals surface area contributed by atoms with E-state index >= 15 is 0 Å². The fourth-order valence-electron chi connectivity index (χ4n) is 2.39. The van der Waals surface area contributed by atoms with E-state index in [4.69, 9.17) is 15.6 Å². The van der Waals surface area contributed by atoms with E-state index in [9.17, 15) is 10.1 Å². The average molecular weight is 291 g/mol. The van der Waals surface area contributed by atoms with Gasteiger partial charge in [-0.25, -0.2) is 4.68 Å². The van der Waals surface area contributed by atoms with Gasteiger partial charge in [0.25, 0.3) is 5.56 Å². The van der Waals surface area contributed by atoms with Gasteiger partial charge in [-0.3, -0.25) is 9.36 Å². The molecule has 0 saturated carbocycles. The van der Waals surface area contributed by atoms with Crippen molar-refractivity contribution in [2.45, 2.75) is 20.0 Å². The molecule has 2 heterocycles. The molecule has 8 heteroatoms. The van der Waals surface area contributed by atoms with Crippen LogP contribution in [0.5, 0.6) is 0 Å².